The number of rotatable bonds is 12. The lowest BCUT2D eigenvalue weighted by Crippen LogP contribution is -2.51. The predicted octanol–water partition coefficient (Wildman–Crippen LogP) is 6.98. The summed E-state index contributed by atoms with van der Waals surface area (Å²) in [5, 5.41) is 5.61. The molecule has 3 aromatic rings. The molecule has 0 spiro atoms. The number of ether oxygens (including phenoxy) is 3. The Bertz CT molecular complexity index is 2010. The summed E-state index contributed by atoms with van der Waals surface area (Å²) in [4.78, 5) is 73.2. The Hall–Kier alpha value is -4.92. The number of amides is 4. The van der Waals surface area contributed by atoms with E-state index in [4.69, 9.17) is 24.2 Å². The standard InChI is InChI=1S/C46H64N8O7/c1-28(2)37(51-43(57)59-5)41(55)53-22-6-8-34(53)39-47-26-33(49-39)30-10-12-31(13-11-30)45-16-19-46(20-17-45,21-18-45)36-27-48-40(50-36)35-9-7-23-54(35)42(56)38(29(3)4)52-44(58)61-32-14-24-60-25-15-32/h10-13,26-29,32,34-35,37-38H,6-9,14-25H2,1-5H3,(H,47,49)(H,48,50)(H,51,57)(H,52,58). The zero-order chi connectivity index (χ0) is 42.9. The molecule has 0 radical (unpaired) electrons. The number of aromatic nitrogens is 4. The van der Waals surface area contributed by atoms with E-state index in [0.717, 1.165) is 87.1 Å². The van der Waals surface area contributed by atoms with E-state index >= 15 is 0 Å². The highest BCUT2D eigenvalue weighted by Crippen LogP contribution is 2.58. The van der Waals surface area contributed by atoms with Crippen LogP contribution in [0.2, 0.25) is 0 Å². The SMILES string of the molecule is COC(=O)NC(C(=O)N1CCCC1c1ncc(-c2ccc(C34CCC(c5cnc(C6CCCN6C(=O)C(NC(=O)OC6CCOCC6)C(C)C)[nH]5)(CC3)CC4)cc2)[nH]1)C(C)C. The highest BCUT2D eigenvalue weighted by Gasteiger charge is 2.51. The Morgan fingerprint density at radius 3 is 1.80 bits per heavy atom. The molecule has 15 nitrogen and oxygen atoms in total. The number of carbonyl (C=O) groups is 4. The molecule has 4 unspecified atom stereocenters. The Kier molecular flexibility index (Phi) is 12.5. The van der Waals surface area contributed by atoms with Crippen molar-refractivity contribution in [3.8, 4) is 11.3 Å². The lowest BCUT2D eigenvalue weighted by atomic mass is 9.51. The van der Waals surface area contributed by atoms with E-state index in [9.17, 15) is 19.2 Å². The second-order valence-corrected chi connectivity index (χ2v) is 18.8. The number of imidazole rings is 2. The minimum Gasteiger partial charge on any atom is -0.453 e. The van der Waals surface area contributed by atoms with Gasteiger partial charge in [-0.1, -0.05) is 52.0 Å². The van der Waals surface area contributed by atoms with Crippen LogP contribution < -0.4 is 10.6 Å². The van der Waals surface area contributed by atoms with E-state index in [2.05, 4.69) is 44.9 Å². The number of hydrogen-bond donors (Lipinski definition) is 4. The molecule has 4 N–H and O–H groups in total. The van der Waals surface area contributed by atoms with Crippen molar-refractivity contribution < 1.29 is 33.4 Å². The molecule has 6 aliphatic rings. The van der Waals surface area contributed by atoms with Gasteiger partial charge >= 0.3 is 12.2 Å². The molecule has 3 aliphatic carbocycles. The Morgan fingerprint density at radius 1 is 0.721 bits per heavy atom. The van der Waals surface area contributed by atoms with Crippen LogP contribution in [0.5, 0.6) is 0 Å². The number of nitrogens with one attached hydrogen (secondary N) is 4. The molecule has 61 heavy (non-hydrogen) atoms. The van der Waals surface area contributed by atoms with Crippen LogP contribution in [0.15, 0.2) is 36.7 Å². The molecule has 4 atom stereocenters. The molecule has 3 saturated heterocycles. The highest BCUT2D eigenvalue weighted by atomic mass is 16.6. The van der Waals surface area contributed by atoms with Crippen LogP contribution in [0.1, 0.15) is 140 Å². The monoisotopic (exact) mass is 840 g/mol. The molecule has 3 saturated carbocycles. The molecule has 1 aromatic carbocycles. The van der Waals surface area contributed by atoms with Crippen molar-refractivity contribution in [2.24, 2.45) is 11.8 Å². The van der Waals surface area contributed by atoms with Gasteiger partial charge in [0.25, 0.3) is 0 Å². The summed E-state index contributed by atoms with van der Waals surface area (Å²) in [6, 6.07) is 7.25. The number of aromatic amines is 2. The van der Waals surface area contributed by atoms with E-state index in [1.165, 1.54) is 18.4 Å². The summed E-state index contributed by atoms with van der Waals surface area (Å²) in [6.07, 6.45) is 13.8. The average molecular weight is 841 g/mol. The molecule has 4 amide bonds. The van der Waals surface area contributed by atoms with Gasteiger partial charge in [-0.25, -0.2) is 19.6 Å². The van der Waals surface area contributed by atoms with Crippen molar-refractivity contribution in [2.75, 3.05) is 33.4 Å². The summed E-state index contributed by atoms with van der Waals surface area (Å²) in [6.45, 7) is 10.1. The minimum atomic E-state index is -0.682. The van der Waals surface area contributed by atoms with E-state index in [0.29, 0.717) is 39.1 Å². The number of likely N-dealkylation sites (tertiary alicyclic amines) is 2. The normalized spacial score (nSPS) is 26.4. The summed E-state index contributed by atoms with van der Waals surface area (Å²) in [5.74, 6) is 1.19. The zero-order valence-corrected chi connectivity index (χ0v) is 36.5. The smallest absolute Gasteiger partial charge is 0.408 e. The van der Waals surface area contributed by atoms with Crippen molar-refractivity contribution in [2.45, 2.75) is 146 Å². The molecular formula is C46H64N8O7. The van der Waals surface area contributed by atoms with E-state index < -0.39 is 24.3 Å². The topological polar surface area (TPSA) is 184 Å². The first-order valence-corrected chi connectivity index (χ1v) is 22.6. The van der Waals surface area contributed by atoms with Crippen molar-refractivity contribution in [3.05, 3.63) is 59.6 Å². The number of methoxy groups -OCH3 is 1. The lowest BCUT2D eigenvalue weighted by molar-refractivity contribution is -0.136. The summed E-state index contributed by atoms with van der Waals surface area (Å²) in [5.41, 5.74) is 4.71. The summed E-state index contributed by atoms with van der Waals surface area (Å²) >= 11 is 0. The van der Waals surface area contributed by atoms with Gasteiger partial charge in [0.2, 0.25) is 11.8 Å². The van der Waals surface area contributed by atoms with Gasteiger partial charge in [0, 0.05) is 43.2 Å². The van der Waals surface area contributed by atoms with Crippen LogP contribution in [0.4, 0.5) is 9.59 Å². The number of benzene rings is 1. The van der Waals surface area contributed by atoms with Gasteiger partial charge < -0.3 is 44.6 Å². The average Bonchev–Trinajstić information content (AvgIpc) is 4.12. The first kappa shape index (κ1) is 42.8. The van der Waals surface area contributed by atoms with Crippen molar-refractivity contribution >= 4 is 24.0 Å². The third-order valence-electron chi connectivity index (χ3n) is 14.6. The van der Waals surface area contributed by atoms with Crippen molar-refractivity contribution in [1.82, 2.24) is 40.4 Å². The molecule has 9 rings (SSSR count). The van der Waals surface area contributed by atoms with E-state index in [1.807, 2.05) is 49.9 Å². The number of nitrogens with zero attached hydrogens (tertiary/aromatic N) is 4. The van der Waals surface area contributed by atoms with E-state index in [-0.39, 0.29) is 52.7 Å². The first-order chi connectivity index (χ1) is 29.4. The van der Waals surface area contributed by atoms with Crippen LogP contribution in [-0.4, -0.2) is 105 Å². The number of carbonyl (C=O) groups excluding carboxylic acids is 4. The number of hydrogen-bond acceptors (Lipinski definition) is 9. The molecule has 3 aliphatic heterocycles. The number of H-pyrrole nitrogens is 2. The van der Waals surface area contributed by atoms with Crippen LogP contribution in [0.3, 0.4) is 0 Å². The van der Waals surface area contributed by atoms with Crippen LogP contribution in [-0.2, 0) is 34.6 Å². The highest BCUT2D eigenvalue weighted by molar-refractivity contribution is 5.87. The van der Waals surface area contributed by atoms with Crippen LogP contribution >= 0.6 is 0 Å². The quantitative estimate of drug-likeness (QED) is 0.149. The predicted molar refractivity (Wildman–Crippen MR) is 227 cm³/mol. The molecule has 15 heteroatoms. The van der Waals surface area contributed by atoms with Gasteiger partial charge in [-0.15, -0.1) is 0 Å². The largest absolute Gasteiger partial charge is 0.453 e. The summed E-state index contributed by atoms with van der Waals surface area (Å²) < 4.78 is 15.8. The maximum Gasteiger partial charge on any atom is 0.408 e. The fourth-order valence-corrected chi connectivity index (χ4v) is 10.8. The Morgan fingerprint density at radius 2 is 1.25 bits per heavy atom. The maximum atomic E-state index is 14.0. The van der Waals surface area contributed by atoms with Gasteiger partial charge in [0.1, 0.15) is 29.8 Å². The van der Waals surface area contributed by atoms with Crippen LogP contribution in [0.25, 0.3) is 11.3 Å². The molecule has 330 valence electrons. The van der Waals surface area contributed by atoms with Crippen molar-refractivity contribution in [1.29, 1.82) is 0 Å². The fraction of sp³-hybridized carbons (Fsp3) is 0.652. The Labute approximate surface area is 358 Å². The molecule has 6 fully saturated rings. The third-order valence-corrected chi connectivity index (χ3v) is 14.6. The number of alkyl carbamates (subject to hydrolysis) is 2. The maximum absolute atomic E-state index is 14.0. The number of fused-ring (bicyclic) bond motifs is 3. The molecular weight excluding hydrogens is 777 g/mol. The second kappa shape index (κ2) is 17.8. The van der Waals surface area contributed by atoms with Gasteiger partial charge in [0.05, 0.1) is 44.3 Å². The lowest BCUT2D eigenvalue weighted by Gasteiger charge is -2.53. The van der Waals surface area contributed by atoms with E-state index in [1.54, 1.807) is 0 Å². The third kappa shape index (κ3) is 8.63. The Balaban J connectivity index is 0.888. The second-order valence-electron chi connectivity index (χ2n) is 18.8. The molecule has 2 aromatic heterocycles. The minimum absolute atomic E-state index is 0.0444. The van der Waals surface area contributed by atoms with Crippen molar-refractivity contribution in [3.63, 3.8) is 0 Å². The van der Waals surface area contributed by atoms with Gasteiger partial charge in [-0.2, -0.15) is 0 Å². The first-order valence-electron chi connectivity index (χ1n) is 22.6. The van der Waals surface area contributed by atoms with Gasteiger partial charge in [-0.05, 0) is 92.6 Å². The zero-order valence-electron chi connectivity index (χ0n) is 36.5. The molecule has 5 heterocycles. The van der Waals surface area contributed by atoms with Gasteiger partial charge in [-0.3, -0.25) is 9.59 Å². The fourth-order valence-electron chi connectivity index (χ4n) is 10.8. The molecule has 2 bridgehead atoms. The summed E-state index contributed by atoms with van der Waals surface area (Å²) in [7, 11) is 1.30. The van der Waals surface area contributed by atoms with Gasteiger partial charge in [0.15, 0.2) is 0 Å². The van der Waals surface area contributed by atoms with Crippen LogP contribution in [0, 0.1) is 11.8 Å².